The lowest BCUT2D eigenvalue weighted by atomic mass is 9.91. The predicted octanol–water partition coefficient (Wildman–Crippen LogP) is 4.38. The second-order valence-corrected chi connectivity index (χ2v) is 6.99. The molecule has 2 aliphatic rings. The van der Waals surface area contributed by atoms with Gasteiger partial charge in [0.2, 0.25) is 0 Å². The highest BCUT2D eigenvalue weighted by molar-refractivity contribution is 6.47. The molecule has 3 rings (SSSR count). The molecular weight excluding hydrogens is 348 g/mol. The van der Waals surface area contributed by atoms with Crippen LogP contribution >= 0.6 is 0 Å². The highest BCUT2D eigenvalue weighted by Crippen LogP contribution is 2.42. The highest BCUT2D eigenvalue weighted by Gasteiger charge is 2.34. The van der Waals surface area contributed by atoms with Gasteiger partial charge in [-0.15, -0.1) is 0 Å². The Kier molecular flexibility index (Phi) is 6.60. The Labute approximate surface area is 169 Å². The summed E-state index contributed by atoms with van der Waals surface area (Å²) in [6, 6.07) is 4.78. The molecule has 28 heavy (non-hydrogen) atoms. The summed E-state index contributed by atoms with van der Waals surface area (Å²) in [7, 11) is 0. The van der Waals surface area contributed by atoms with Crippen molar-refractivity contribution >= 4 is 34.2 Å². The number of hydrogen-bond acceptors (Lipinski definition) is 6. The SMILES string of the molecule is CCN=C1C=C2Nc3cc(NCC)c(NCC)cc3N(CC)[C@H]2CC1=NCC. The van der Waals surface area contributed by atoms with Gasteiger partial charge in [-0.1, -0.05) is 0 Å². The van der Waals surface area contributed by atoms with Gasteiger partial charge in [0.05, 0.1) is 40.2 Å². The van der Waals surface area contributed by atoms with Crippen molar-refractivity contribution in [2.45, 2.75) is 47.1 Å². The lowest BCUT2D eigenvalue weighted by molar-refractivity contribution is 0.681. The minimum atomic E-state index is 0.276. The number of likely N-dealkylation sites (N-methyl/N-ethyl adjacent to an activating group) is 1. The van der Waals surface area contributed by atoms with Gasteiger partial charge >= 0.3 is 0 Å². The van der Waals surface area contributed by atoms with E-state index in [2.05, 4.69) is 73.7 Å². The summed E-state index contributed by atoms with van der Waals surface area (Å²) in [4.78, 5) is 11.9. The van der Waals surface area contributed by atoms with Gasteiger partial charge in [0.1, 0.15) is 0 Å². The quantitative estimate of drug-likeness (QED) is 0.655. The lowest BCUT2D eigenvalue weighted by Gasteiger charge is -2.43. The third kappa shape index (κ3) is 3.86. The normalized spacial score (nSPS) is 21.1. The first-order valence-electron chi connectivity index (χ1n) is 10.7. The molecule has 0 fully saturated rings. The topological polar surface area (TPSA) is 64.1 Å². The zero-order valence-corrected chi connectivity index (χ0v) is 17.9. The average Bonchev–Trinajstić information content (AvgIpc) is 2.68. The number of hydrogen-bond donors (Lipinski definition) is 3. The molecular formula is C22H34N6. The monoisotopic (exact) mass is 382 g/mol. The highest BCUT2D eigenvalue weighted by atomic mass is 15.2. The number of nitrogens with zero attached hydrogens (tertiary/aromatic N) is 3. The molecule has 152 valence electrons. The van der Waals surface area contributed by atoms with E-state index in [9.17, 15) is 0 Å². The summed E-state index contributed by atoms with van der Waals surface area (Å²) in [5.41, 5.74) is 8.05. The van der Waals surface area contributed by atoms with E-state index < -0.39 is 0 Å². The molecule has 0 unspecified atom stereocenters. The molecule has 0 saturated heterocycles. The van der Waals surface area contributed by atoms with E-state index in [0.29, 0.717) is 0 Å². The molecule has 0 spiro atoms. The first-order valence-corrected chi connectivity index (χ1v) is 10.7. The van der Waals surface area contributed by atoms with Crippen LogP contribution in [0.3, 0.4) is 0 Å². The average molecular weight is 383 g/mol. The summed E-state index contributed by atoms with van der Waals surface area (Å²) in [6.45, 7) is 15.0. The Hall–Kier alpha value is -2.50. The van der Waals surface area contributed by atoms with Crippen molar-refractivity contribution in [3.05, 3.63) is 23.9 Å². The molecule has 0 bridgehead atoms. The summed E-state index contributed by atoms with van der Waals surface area (Å²) in [5.74, 6) is 0. The van der Waals surface area contributed by atoms with E-state index in [4.69, 9.17) is 9.98 Å². The van der Waals surface area contributed by atoms with Gasteiger partial charge in [0.25, 0.3) is 0 Å². The number of benzene rings is 1. The Morgan fingerprint density at radius 2 is 1.68 bits per heavy atom. The number of rotatable bonds is 7. The molecule has 0 radical (unpaired) electrons. The van der Waals surface area contributed by atoms with E-state index >= 15 is 0 Å². The van der Waals surface area contributed by atoms with Crippen molar-refractivity contribution < 1.29 is 0 Å². The fourth-order valence-electron chi connectivity index (χ4n) is 4.08. The van der Waals surface area contributed by atoms with Gasteiger partial charge < -0.3 is 20.9 Å². The predicted molar refractivity (Wildman–Crippen MR) is 124 cm³/mol. The Bertz CT molecular complexity index is 792. The third-order valence-electron chi connectivity index (χ3n) is 5.19. The summed E-state index contributed by atoms with van der Waals surface area (Å²) in [6.07, 6.45) is 3.09. The van der Waals surface area contributed by atoms with Gasteiger partial charge in [-0.25, -0.2) is 0 Å². The maximum Gasteiger partial charge on any atom is 0.0803 e. The fraction of sp³-hybridized carbons (Fsp3) is 0.545. The first kappa shape index (κ1) is 20.2. The third-order valence-corrected chi connectivity index (χ3v) is 5.19. The van der Waals surface area contributed by atoms with E-state index in [1.165, 1.54) is 11.4 Å². The Morgan fingerprint density at radius 1 is 1.00 bits per heavy atom. The Morgan fingerprint density at radius 3 is 2.29 bits per heavy atom. The van der Waals surface area contributed by atoms with Crippen LogP contribution in [-0.2, 0) is 0 Å². The van der Waals surface area contributed by atoms with Crippen LogP contribution in [0.4, 0.5) is 22.7 Å². The van der Waals surface area contributed by atoms with Crippen LogP contribution in [0.15, 0.2) is 33.9 Å². The van der Waals surface area contributed by atoms with Gasteiger partial charge in [0.15, 0.2) is 0 Å². The van der Waals surface area contributed by atoms with E-state index in [1.807, 2.05) is 0 Å². The number of anilines is 4. The molecule has 0 saturated carbocycles. The molecule has 1 aliphatic heterocycles. The summed E-state index contributed by atoms with van der Waals surface area (Å²) < 4.78 is 0. The van der Waals surface area contributed by atoms with Crippen molar-refractivity contribution in [1.29, 1.82) is 0 Å². The van der Waals surface area contributed by atoms with Crippen LogP contribution in [0.25, 0.3) is 0 Å². The van der Waals surface area contributed by atoms with Gasteiger partial charge in [0, 0.05) is 44.8 Å². The number of nitrogens with one attached hydrogen (secondary N) is 3. The fourth-order valence-corrected chi connectivity index (χ4v) is 4.08. The van der Waals surface area contributed by atoms with Crippen molar-refractivity contribution in [1.82, 2.24) is 0 Å². The molecule has 1 aromatic carbocycles. The van der Waals surface area contributed by atoms with Crippen molar-refractivity contribution in [2.24, 2.45) is 9.98 Å². The van der Waals surface area contributed by atoms with Gasteiger partial charge in [-0.2, -0.15) is 0 Å². The minimum Gasteiger partial charge on any atom is -0.384 e. The van der Waals surface area contributed by atoms with Crippen LogP contribution in [-0.4, -0.2) is 50.2 Å². The van der Waals surface area contributed by atoms with Crippen LogP contribution in [0, 0.1) is 0 Å². The zero-order valence-electron chi connectivity index (χ0n) is 17.9. The maximum atomic E-state index is 4.75. The van der Waals surface area contributed by atoms with Gasteiger partial charge in [-0.3, -0.25) is 9.98 Å². The van der Waals surface area contributed by atoms with Crippen molar-refractivity contribution in [3.8, 4) is 0 Å². The van der Waals surface area contributed by atoms with Crippen LogP contribution in [0.2, 0.25) is 0 Å². The second kappa shape index (κ2) is 9.13. The van der Waals surface area contributed by atoms with Crippen LogP contribution in [0.1, 0.15) is 41.0 Å². The Balaban J connectivity index is 2.08. The largest absolute Gasteiger partial charge is 0.384 e. The molecule has 1 atom stereocenters. The minimum absolute atomic E-state index is 0.276. The summed E-state index contributed by atoms with van der Waals surface area (Å²) in [5, 5.41) is 10.7. The lowest BCUT2D eigenvalue weighted by Crippen LogP contribution is -2.47. The molecule has 6 heteroatoms. The molecule has 1 aromatic rings. The van der Waals surface area contributed by atoms with E-state index in [-0.39, 0.29) is 6.04 Å². The smallest absolute Gasteiger partial charge is 0.0803 e. The van der Waals surface area contributed by atoms with Crippen LogP contribution in [0.5, 0.6) is 0 Å². The number of allylic oxidation sites excluding steroid dienone is 1. The molecule has 1 heterocycles. The molecule has 1 aliphatic carbocycles. The van der Waals surface area contributed by atoms with Crippen molar-refractivity contribution in [3.63, 3.8) is 0 Å². The zero-order chi connectivity index (χ0) is 20.1. The first-order chi connectivity index (χ1) is 13.7. The van der Waals surface area contributed by atoms with Crippen molar-refractivity contribution in [2.75, 3.05) is 53.6 Å². The maximum absolute atomic E-state index is 4.75. The second-order valence-electron chi connectivity index (χ2n) is 6.99. The molecule has 3 N–H and O–H groups in total. The number of aliphatic imine (C=N–C) groups is 2. The van der Waals surface area contributed by atoms with Crippen LogP contribution < -0.4 is 20.9 Å². The molecule has 0 aromatic heterocycles. The van der Waals surface area contributed by atoms with E-state index in [1.54, 1.807) is 0 Å². The van der Waals surface area contributed by atoms with E-state index in [0.717, 1.165) is 67.6 Å². The van der Waals surface area contributed by atoms with Gasteiger partial charge in [-0.05, 0) is 52.8 Å². The standard InChI is InChI=1S/C22H34N6/c1-6-23-15-11-19-21(13-17(15)25-8-3)28(10-5)22-14-18(26-9-4)16(24-7-2)12-20(22)27-19/h11-13,22-23,25,27H,6-10,14H2,1-5H3/t22-/m0/s1. The summed E-state index contributed by atoms with van der Waals surface area (Å²) >= 11 is 0. The number of fused-ring (bicyclic) bond motifs is 2. The molecule has 0 amide bonds. The molecule has 6 nitrogen and oxygen atoms in total.